The third-order valence-electron chi connectivity index (χ3n) is 3.52. The maximum absolute atomic E-state index is 11.9. The molecule has 0 aliphatic heterocycles. The van der Waals surface area contributed by atoms with Gasteiger partial charge in [0.05, 0.1) is 22.9 Å². The van der Waals surface area contributed by atoms with Gasteiger partial charge in [0.25, 0.3) is 0 Å². The second-order valence-electron chi connectivity index (χ2n) is 5.48. The zero-order valence-electron chi connectivity index (χ0n) is 14.2. The number of rotatable bonds is 6. The van der Waals surface area contributed by atoms with Gasteiger partial charge in [0.15, 0.2) is 0 Å². The number of aromatic nitrogens is 2. The summed E-state index contributed by atoms with van der Waals surface area (Å²) in [5.41, 5.74) is 2.18. The molecule has 2 aromatic carbocycles. The van der Waals surface area contributed by atoms with Gasteiger partial charge in [-0.2, -0.15) is 0 Å². The van der Waals surface area contributed by atoms with Crippen LogP contribution in [-0.4, -0.2) is 29.4 Å². The van der Waals surface area contributed by atoms with Crippen LogP contribution in [0.15, 0.2) is 60.7 Å². The summed E-state index contributed by atoms with van der Waals surface area (Å²) < 4.78 is 5.48. The SMILES string of the molecule is O=C(NCCOc1ccc(-c2ccccc2)nn1)Nc1cc(Cl)ccc1Cl. The molecule has 6 nitrogen and oxygen atoms in total. The lowest BCUT2D eigenvalue weighted by molar-refractivity contribution is 0.246. The molecule has 3 rings (SSSR count). The molecule has 1 aromatic heterocycles. The Labute approximate surface area is 166 Å². The number of anilines is 1. The molecule has 138 valence electrons. The fourth-order valence-corrected chi connectivity index (χ4v) is 2.58. The highest BCUT2D eigenvalue weighted by Crippen LogP contribution is 2.25. The molecule has 0 spiro atoms. The number of benzene rings is 2. The van der Waals surface area contributed by atoms with Crippen LogP contribution in [0.2, 0.25) is 10.0 Å². The van der Waals surface area contributed by atoms with E-state index in [-0.39, 0.29) is 13.2 Å². The Kier molecular flexibility index (Phi) is 6.46. The first-order chi connectivity index (χ1) is 13.1. The summed E-state index contributed by atoms with van der Waals surface area (Å²) in [4.78, 5) is 11.9. The molecular weight excluding hydrogens is 387 g/mol. The smallest absolute Gasteiger partial charge is 0.319 e. The second-order valence-corrected chi connectivity index (χ2v) is 6.32. The average Bonchev–Trinajstić information content (AvgIpc) is 2.69. The van der Waals surface area contributed by atoms with Gasteiger partial charge in [0.2, 0.25) is 5.88 Å². The van der Waals surface area contributed by atoms with Gasteiger partial charge in [-0.3, -0.25) is 0 Å². The van der Waals surface area contributed by atoms with Crippen LogP contribution in [0.5, 0.6) is 5.88 Å². The molecule has 0 aliphatic rings. The monoisotopic (exact) mass is 402 g/mol. The van der Waals surface area contributed by atoms with Crippen molar-refractivity contribution >= 4 is 34.9 Å². The van der Waals surface area contributed by atoms with Crippen LogP contribution in [-0.2, 0) is 0 Å². The molecule has 0 unspecified atom stereocenters. The minimum Gasteiger partial charge on any atom is -0.475 e. The number of hydrogen-bond acceptors (Lipinski definition) is 4. The summed E-state index contributed by atoms with van der Waals surface area (Å²) in [7, 11) is 0. The van der Waals surface area contributed by atoms with Crippen LogP contribution in [0.25, 0.3) is 11.3 Å². The molecule has 3 aromatic rings. The van der Waals surface area contributed by atoms with Crippen molar-refractivity contribution in [1.29, 1.82) is 0 Å². The van der Waals surface area contributed by atoms with E-state index in [9.17, 15) is 4.79 Å². The van der Waals surface area contributed by atoms with Gasteiger partial charge in [-0.15, -0.1) is 10.2 Å². The summed E-state index contributed by atoms with van der Waals surface area (Å²) in [6.45, 7) is 0.530. The highest BCUT2D eigenvalue weighted by atomic mass is 35.5. The van der Waals surface area contributed by atoms with Gasteiger partial charge in [0, 0.05) is 16.7 Å². The number of carbonyl (C=O) groups excluding carboxylic acids is 1. The van der Waals surface area contributed by atoms with Crippen LogP contribution in [0.3, 0.4) is 0 Å². The van der Waals surface area contributed by atoms with Gasteiger partial charge in [-0.25, -0.2) is 4.79 Å². The highest BCUT2D eigenvalue weighted by molar-refractivity contribution is 6.35. The topological polar surface area (TPSA) is 76.1 Å². The first-order valence-electron chi connectivity index (χ1n) is 8.14. The molecule has 27 heavy (non-hydrogen) atoms. The fourth-order valence-electron chi connectivity index (χ4n) is 2.24. The minimum absolute atomic E-state index is 0.246. The number of urea groups is 1. The van der Waals surface area contributed by atoms with Crippen LogP contribution in [0, 0.1) is 0 Å². The van der Waals surface area contributed by atoms with Gasteiger partial charge in [-0.1, -0.05) is 53.5 Å². The number of hydrogen-bond donors (Lipinski definition) is 2. The lowest BCUT2D eigenvalue weighted by Gasteiger charge is -2.10. The number of amides is 2. The van der Waals surface area contributed by atoms with E-state index in [1.807, 2.05) is 36.4 Å². The highest BCUT2D eigenvalue weighted by Gasteiger charge is 2.06. The molecule has 1 heterocycles. The summed E-state index contributed by atoms with van der Waals surface area (Å²) >= 11 is 11.9. The Morgan fingerprint density at radius 2 is 1.81 bits per heavy atom. The van der Waals surface area contributed by atoms with E-state index < -0.39 is 6.03 Å². The quantitative estimate of drug-likeness (QED) is 0.588. The lowest BCUT2D eigenvalue weighted by Crippen LogP contribution is -2.32. The van der Waals surface area contributed by atoms with Crippen molar-refractivity contribution in [3.8, 4) is 17.1 Å². The Balaban J connectivity index is 1.43. The fraction of sp³-hybridized carbons (Fsp3) is 0.105. The van der Waals surface area contributed by atoms with Crippen molar-refractivity contribution in [2.45, 2.75) is 0 Å². The van der Waals surface area contributed by atoms with Gasteiger partial charge < -0.3 is 15.4 Å². The van der Waals surface area contributed by atoms with E-state index in [0.717, 1.165) is 11.3 Å². The first-order valence-corrected chi connectivity index (χ1v) is 8.89. The Morgan fingerprint density at radius 1 is 1.00 bits per heavy atom. The van der Waals surface area contributed by atoms with E-state index in [0.29, 0.717) is 21.6 Å². The number of nitrogens with one attached hydrogen (secondary N) is 2. The lowest BCUT2D eigenvalue weighted by atomic mass is 10.1. The zero-order valence-corrected chi connectivity index (χ0v) is 15.7. The predicted molar refractivity (Wildman–Crippen MR) is 106 cm³/mol. The first kappa shape index (κ1) is 18.9. The number of halogens is 2. The predicted octanol–water partition coefficient (Wildman–Crippen LogP) is 4.65. The van der Waals surface area contributed by atoms with Crippen LogP contribution >= 0.6 is 23.2 Å². The molecule has 0 atom stereocenters. The zero-order chi connectivity index (χ0) is 19.1. The Hall–Kier alpha value is -2.83. The molecule has 0 saturated heterocycles. The molecule has 0 aliphatic carbocycles. The van der Waals surface area contributed by atoms with E-state index >= 15 is 0 Å². The molecule has 8 heteroatoms. The molecule has 0 fully saturated rings. The summed E-state index contributed by atoms with van der Waals surface area (Å²) in [6.07, 6.45) is 0. The Bertz CT molecular complexity index is 905. The summed E-state index contributed by atoms with van der Waals surface area (Å²) in [5, 5.41) is 14.3. The van der Waals surface area contributed by atoms with Gasteiger partial charge in [0.1, 0.15) is 6.61 Å². The normalized spacial score (nSPS) is 10.3. The summed E-state index contributed by atoms with van der Waals surface area (Å²) in [5.74, 6) is 0.384. The molecule has 2 N–H and O–H groups in total. The number of ether oxygens (including phenoxy) is 1. The van der Waals surface area contributed by atoms with E-state index in [2.05, 4.69) is 20.8 Å². The van der Waals surface area contributed by atoms with E-state index in [1.165, 1.54) is 0 Å². The number of carbonyl (C=O) groups is 1. The summed E-state index contributed by atoms with van der Waals surface area (Å²) in [6, 6.07) is 17.7. The molecule has 0 radical (unpaired) electrons. The standard InChI is InChI=1S/C19H16Cl2N4O2/c20-14-6-7-15(21)17(12-14)23-19(26)22-10-11-27-18-9-8-16(24-25-18)13-4-2-1-3-5-13/h1-9,12H,10-11H2,(H2,22,23,26). The Morgan fingerprint density at radius 3 is 2.56 bits per heavy atom. The molecule has 2 amide bonds. The van der Waals surface area contributed by atoms with Crippen molar-refractivity contribution < 1.29 is 9.53 Å². The minimum atomic E-state index is -0.409. The second kappa shape index (κ2) is 9.21. The van der Waals surface area contributed by atoms with Crippen molar-refractivity contribution in [1.82, 2.24) is 15.5 Å². The number of nitrogens with zero attached hydrogens (tertiary/aromatic N) is 2. The largest absolute Gasteiger partial charge is 0.475 e. The van der Waals surface area contributed by atoms with Crippen molar-refractivity contribution in [3.63, 3.8) is 0 Å². The van der Waals surface area contributed by atoms with Crippen molar-refractivity contribution in [2.24, 2.45) is 0 Å². The third-order valence-corrected chi connectivity index (χ3v) is 4.09. The van der Waals surface area contributed by atoms with Gasteiger partial charge in [-0.05, 0) is 24.3 Å². The van der Waals surface area contributed by atoms with Crippen LogP contribution < -0.4 is 15.4 Å². The van der Waals surface area contributed by atoms with Crippen LogP contribution in [0.1, 0.15) is 0 Å². The van der Waals surface area contributed by atoms with Crippen molar-refractivity contribution in [2.75, 3.05) is 18.5 Å². The third kappa shape index (κ3) is 5.57. The van der Waals surface area contributed by atoms with Gasteiger partial charge >= 0.3 is 6.03 Å². The molecular formula is C19H16Cl2N4O2. The average molecular weight is 403 g/mol. The van der Waals surface area contributed by atoms with Crippen molar-refractivity contribution in [3.05, 3.63) is 70.7 Å². The van der Waals surface area contributed by atoms with Crippen LogP contribution in [0.4, 0.5) is 10.5 Å². The maximum atomic E-state index is 11.9. The van der Waals surface area contributed by atoms with E-state index in [4.69, 9.17) is 27.9 Å². The maximum Gasteiger partial charge on any atom is 0.319 e. The van der Waals surface area contributed by atoms with E-state index in [1.54, 1.807) is 24.3 Å². The molecule has 0 bridgehead atoms. The molecule has 0 saturated carbocycles.